The Morgan fingerprint density at radius 3 is 1.67 bits per heavy atom. The first-order chi connectivity index (χ1) is 27.0. The fraction of sp³-hybridized carbons (Fsp3) is 0.222. The van der Waals surface area contributed by atoms with E-state index in [4.69, 9.17) is 0 Å². The van der Waals surface area contributed by atoms with Crippen LogP contribution in [0.15, 0.2) is 164 Å². The molecule has 0 saturated heterocycles. The Morgan fingerprint density at radius 1 is 0.400 bits per heavy atom. The summed E-state index contributed by atoms with van der Waals surface area (Å²) in [4.78, 5) is 2.52. The van der Waals surface area contributed by atoms with Gasteiger partial charge in [0.05, 0.1) is 0 Å². The topological polar surface area (TPSA) is 3.24 Å². The minimum absolute atomic E-state index is 0.0759. The quantitative estimate of drug-likeness (QED) is 0.172. The summed E-state index contributed by atoms with van der Waals surface area (Å²) in [5.74, 6) is 3.56. The number of benzene rings is 7. The molecule has 13 rings (SSSR count). The van der Waals surface area contributed by atoms with Crippen molar-refractivity contribution in [3.8, 4) is 44.5 Å². The van der Waals surface area contributed by atoms with Gasteiger partial charge in [0, 0.05) is 27.9 Å². The van der Waals surface area contributed by atoms with Gasteiger partial charge in [0.1, 0.15) is 0 Å². The summed E-state index contributed by atoms with van der Waals surface area (Å²) >= 11 is 0. The normalized spacial score (nSPS) is 27.2. The van der Waals surface area contributed by atoms with Crippen LogP contribution in [0, 0.1) is 29.1 Å². The molecule has 0 N–H and O–H groups in total. The summed E-state index contributed by atoms with van der Waals surface area (Å²) < 4.78 is 0. The lowest BCUT2D eigenvalue weighted by molar-refractivity contribution is -0.412. The molecule has 7 aromatic rings. The summed E-state index contributed by atoms with van der Waals surface area (Å²) in [7, 11) is 0. The Labute approximate surface area is 324 Å². The van der Waals surface area contributed by atoms with Crippen LogP contribution in [0.25, 0.3) is 44.5 Å². The van der Waals surface area contributed by atoms with Gasteiger partial charge in [0.25, 0.3) is 0 Å². The zero-order valence-electron chi connectivity index (χ0n) is 31.5. The Bertz CT molecular complexity index is 2720. The highest BCUT2D eigenvalue weighted by Crippen LogP contribution is 2.94. The van der Waals surface area contributed by atoms with Crippen molar-refractivity contribution in [1.82, 2.24) is 0 Å². The number of hydrogen-bond acceptors (Lipinski definition) is 1. The molecule has 4 fully saturated rings. The molecule has 0 radical (unpaired) electrons. The van der Waals surface area contributed by atoms with Crippen LogP contribution in [0.1, 0.15) is 55.4 Å². The van der Waals surface area contributed by atoms with Crippen molar-refractivity contribution in [3.05, 3.63) is 186 Å². The van der Waals surface area contributed by atoms with Crippen molar-refractivity contribution < 1.29 is 0 Å². The van der Waals surface area contributed by atoms with Gasteiger partial charge in [-0.1, -0.05) is 135 Å². The molecular weight excluding hydrogens is 663 g/mol. The Kier molecular flexibility index (Phi) is 5.76. The zero-order valence-corrected chi connectivity index (χ0v) is 31.5. The zero-order chi connectivity index (χ0) is 36.3. The predicted octanol–water partition coefficient (Wildman–Crippen LogP) is 13.7. The predicted molar refractivity (Wildman–Crippen MR) is 226 cm³/mol. The highest BCUT2D eigenvalue weighted by atomic mass is 15.1. The minimum atomic E-state index is -0.0759. The molecule has 7 aromatic carbocycles. The molecule has 55 heavy (non-hydrogen) atoms. The molecule has 6 aliphatic rings. The third-order valence-corrected chi connectivity index (χ3v) is 16.0. The summed E-state index contributed by atoms with van der Waals surface area (Å²) in [6.07, 6.45) is 4.32. The number of fused-ring (bicyclic) bond motifs is 10. The Hall–Kier alpha value is -5.66. The van der Waals surface area contributed by atoms with E-state index in [9.17, 15) is 0 Å². The van der Waals surface area contributed by atoms with Crippen LogP contribution >= 0.6 is 0 Å². The van der Waals surface area contributed by atoms with Gasteiger partial charge in [0.15, 0.2) is 0 Å². The first-order valence-electron chi connectivity index (χ1n) is 20.5. The standard InChI is InChI=1S/C54H43N/c1-52(2)46-16-10-9-15-42(46)43-25-22-41(32-48(43)52)55(39-20-17-35(18-21-39)33-11-5-3-6-12-33)40-23-26-47-45(31-40)44-24-19-36(34-13-7-4-8-14-34)27-49(44)54(47)50-29-37-28-38-30-51(54)53(37,38)50/h3-27,31-32,37-38,50-51H,28-30H2,1-2H3. The molecule has 4 unspecified atom stereocenters. The van der Waals surface area contributed by atoms with Gasteiger partial charge < -0.3 is 4.90 Å². The Morgan fingerprint density at radius 2 is 0.945 bits per heavy atom. The van der Waals surface area contributed by atoms with E-state index < -0.39 is 0 Å². The number of nitrogens with zero attached hydrogens (tertiary/aromatic N) is 1. The van der Waals surface area contributed by atoms with E-state index in [1.54, 1.807) is 11.1 Å². The lowest BCUT2D eigenvalue weighted by Crippen LogP contribution is -2.88. The van der Waals surface area contributed by atoms with Crippen LogP contribution in [0.3, 0.4) is 0 Å². The summed E-state index contributed by atoms with van der Waals surface area (Å²) in [5.41, 5.74) is 21.2. The fourth-order valence-corrected chi connectivity index (χ4v) is 13.7. The van der Waals surface area contributed by atoms with Gasteiger partial charge in [0.2, 0.25) is 0 Å². The second-order valence-corrected chi connectivity index (χ2v) is 18.1. The average molecular weight is 706 g/mol. The molecule has 0 amide bonds. The molecule has 1 nitrogen and oxygen atoms in total. The van der Waals surface area contributed by atoms with E-state index in [0.717, 1.165) is 23.7 Å². The van der Waals surface area contributed by atoms with E-state index in [1.807, 2.05) is 0 Å². The number of hydrogen-bond donors (Lipinski definition) is 0. The fourth-order valence-electron chi connectivity index (χ4n) is 13.7. The monoisotopic (exact) mass is 705 g/mol. The molecule has 0 heterocycles. The molecule has 4 saturated carbocycles. The van der Waals surface area contributed by atoms with Gasteiger partial charge in [-0.2, -0.15) is 0 Å². The van der Waals surface area contributed by atoms with Crippen LogP contribution in [0.5, 0.6) is 0 Å². The van der Waals surface area contributed by atoms with Crippen LogP contribution < -0.4 is 4.90 Å². The van der Waals surface area contributed by atoms with Crippen molar-refractivity contribution >= 4 is 17.1 Å². The second kappa shape index (κ2) is 10.3. The van der Waals surface area contributed by atoms with Crippen LogP contribution in [-0.4, -0.2) is 0 Å². The minimum Gasteiger partial charge on any atom is -0.310 e. The average Bonchev–Trinajstić information content (AvgIpc) is 3.62. The maximum absolute atomic E-state index is 2.61. The molecule has 264 valence electrons. The molecule has 0 aliphatic heterocycles. The van der Waals surface area contributed by atoms with E-state index in [1.165, 1.54) is 92.0 Å². The molecule has 2 spiro atoms. The molecule has 1 heteroatoms. The van der Waals surface area contributed by atoms with E-state index >= 15 is 0 Å². The first kappa shape index (κ1) is 30.6. The molecule has 0 aromatic heterocycles. The molecule has 4 atom stereocenters. The van der Waals surface area contributed by atoms with Crippen molar-refractivity contribution in [2.45, 2.75) is 43.9 Å². The maximum atomic E-state index is 2.61. The van der Waals surface area contributed by atoms with Crippen molar-refractivity contribution in [1.29, 1.82) is 0 Å². The van der Waals surface area contributed by atoms with Gasteiger partial charge in [-0.15, -0.1) is 0 Å². The molecule has 0 bridgehead atoms. The van der Waals surface area contributed by atoms with Crippen LogP contribution in [-0.2, 0) is 10.8 Å². The maximum Gasteiger partial charge on any atom is 0.0468 e. The number of rotatable bonds is 5. The van der Waals surface area contributed by atoms with Crippen LogP contribution in [0.2, 0.25) is 0 Å². The van der Waals surface area contributed by atoms with Gasteiger partial charge in [-0.3, -0.25) is 0 Å². The van der Waals surface area contributed by atoms with E-state index in [2.05, 4.69) is 183 Å². The highest BCUT2D eigenvalue weighted by Gasteiger charge is 2.90. The summed E-state index contributed by atoms with van der Waals surface area (Å²) in [6, 6.07) is 62.2. The van der Waals surface area contributed by atoms with Gasteiger partial charge in [-0.25, -0.2) is 0 Å². The van der Waals surface area contributed by atoms with Gasteiger partial charge >= 0.3 is 0 Å². The molecular formula is C54H43N. The first-order valence-corrected chi connectivity index (χ1v) is 20.5. The molecule has 6 aliphatic carbocycles. The van der Waals surface area contributed by atoms with Crippen molar-refractivity contribution in [3.63, 3.8) is 0 Å². The third kappa shape index (κ3) is 3.58. The Balaban J connectivity index is 0.990. The van der Waals surface area contributed by atoms with Gasteiger partial charge in [-0.05, 0) is 158 Å². The van der Waals surface area contributed by atoms with Crippen molar-refractivity contribution in [2.75, 3.05) is 4.90 Å². The largest absolute Gasteiger partial charge is 0.310 e. The number of anilines is 3. The summed E-state index contributed by atoms with van der Waals surface area (Å²) in [5, 5.41) is 0. The lowest BCUT2D eigenvalue weighted by Gasteiger charge is -2.92. The third-order valence-electron chi connectivity index (χ3n) is 16.0. The van der Waals surface area contributed by atoms with Crippen LogP contribution in [0.4, 0.5) is 17.1 Å². The SMILES string of the molecule is CC1(C)c2ccccc2-c2ccc(N(c3ccc(-c4ccccc4)cc3)c3ccc4c(c3)-c3ccc(-c5ccccc5)cc3C43C4CC5CC6CC3C564)cc21. The second-order valence-electron chi connectivity index (χ2n) is 18.1. The van der Waals surface area contributed by atoms with E-state index in [-0.39, 0.29) is 10.8 Å². The summed E-state index contributed by atoms with van der Waals surface area (Å²) in [6.45, 7) is 4.78. The lowest BCUT2D eigenvalue weighted by atomic mass is 9.11. The van der Waals surface area contributed by atoms with E-state index in [0.29, 0.717) is 5.41 Å². The van der Waals surface area contributed by atoms with Crippen molar-refractivity contribution in [2.24, 2.45) is 29.1 Å². The smallest absolute Gasteiger partial charge is 0.0468 e. The highest BCUT2D eigenvalue weighted by molar-refractivity contribution is 5.91.